The standard InChI is InChI=1S/C16H30N2O4/c1-15(2,3)13(21)17-10-8-7-9-11(12(19)20)18-14(22)16(4,5)6/h11H,7-10H2,1-6H3,(H,17,21)(H,18,22)(H,19,20). The SMILES string of the molecule is CC(C)(C)C(=O)NCCCCC(NC(=O)C(C)(C)C)C(=O)O. The number of nitrogens with one attached hydrogen (secondary N) is 2. The van der Waals surface area contributed by atoms with Gasteiger partial charge in [0.2, 0.25) is 11.8 Å². The molecule has 0 bridgehead atoms. The maximum atomic E-state index is 11.8. The molecule has 1 unspecified atom stereocenters. The lowest BCUT2D eigenvalue weighted by Gasteiger charge is -2.22. The topological polar surface area (TPSA) is 95.5 Å². The molecule has 0 aliphatic heterocycles. The Balaban J connectivity index is 4.16. The van der Waals surface area contributed by atoms with Crippen LogP contribution in [0.4, 0.5) is 0 Å². The molecule has 0 radical (unpaired) electrons. The zero-order valence-electron chi connectivity index (χ0n) is 14.6. The summed E-state index contributed by atoms with van der Waals surface area (Å²) in [5.41, 5.74) is -1.04. The van der Waals surface area contributed by atoms with Crippen molar-refractivity contribution in [2.75, 3.05) is 6.54 Å². The van der Waals surface area contributed by atoms with E-state index in [4.69, 9.17) is 5.11 Å². The number of aliphatic carboxylic acids is 1. The fourth-order valence-corrected chi connectivity index (χ4v) is 1.57. The summed E-state index contributed by atoms with van der Waals surface area (Å²) in [6.45, 7) is 11.2. The smallest absolute Gasteiger partial charge is 0.326 e. The summed E-state index contributed by atoms with van der Waals surface area (Å²) in [5.74, 6) is -1.33. The van der Waals surface area contributed by atoms with Gasteiger partial charge in [0.1, 0.15) is 6.04 Å². The van der Waals surface area contributed by atoms with Crippen LogP contribution in [0.2, 0.25) is 0 Å². The zero-order chi connectivity index (χ0) is 17.6. The number of amides is 2. The number of hydrogen-bond donors (Lipinski definition) is 3. The number of rotatable bonds is 7. The molecule has 0 rings (SSSR count). The van der Waals surface area contributed by atoms with Crippen molar-refractivity contribution in [2.45, 2.75) is 66.8 Å². The summed E-state index contributed by atoms with van der Waals surface area (Å²) in [5, 5.41) is 14.5. The van der Waals surface area contributed by atoms with E-state index in [9.17, 15) is 14.4 Å². The number of carboxylic acid groups (broad SMARTS) is 1. The second kappa shape index (κ2) is 8.15. The molecule has 6 heteroatoms. The highest BCUT2D eigenvalue weighted by Crippen LogP contribution is 2.14. The lowest BCUT2D eigenvalue weighted by Crippen LogP contribution is -2.45. The number of carbonyl (C=O) groups excluding carboxylic acids is 2. The highest BCUT2D eigenvalue weighted by molar-refractivity contribution is 5.86. The molecule has 0 aromatic rings. The van der Waals surface area contributed by atoms with Crippen LogP contribution in [0.25, 0.3) is 0 Å². The molecule has 128 valence electrons. The first-order valence-corrected chi connectivity index (χ1v) is 7.68. The van der Waals surface area contributed by atoms with Crippen molar-refractivity contribution in [3.8, 4) is 0 Å². The Hall–Kier alpha value is -1.59. The van der Waals surface area contributed by atoms with Crippen LogP contribution in [0.15, 0.2) is 0 Å². The lowest BCUT2D eigenvalue weighted by molar-refractivity contribution is -0.143. The van der Waals surface area contributed by atoms with Gasteiger partial charge in [0.15, 0.2) is 0 Å². The molecular weight excluding hydrogens is 284 g/mol. The van der Waals surface area contributed by atoms with E-state index >= 15 is 0 Å². The molecule has 6 nitrogen and oxygen atoms in total. The number of hydrogen-bond acceptors (Lipinski definition) is 3. The lowest BCUT2D eigenvalue weighted by atomic mass is 9.94. The van der Waals surface area contributed by atoms with Crippen LogP contribution in [0.3, 0.4) is 0 Å². The fourth-order valence-electron chi connectivity index (χ4n) is 1.57. The van der Waals surface area contributed by atoms with Crippen molar-refractivity contribution in [3.63, 3.8) is 0 Å². The predicted molar refractivity (Wildman–Crippen MR) is 85.3 cm³/mol. The summed E-state index contributed by atoms with van der Waals surface area (Å²) >= 11 is 0. The normalized spacial score (nSPS) is 13.4. The summed E-state index contributed by atoms with van der Waals surface area (Å²) in [7, 11) is 0. The van der Waals surface area contributed by atoms with Gasteiger partial charge in [0, 0.05) is 17.4 Å². The van der Waals surface area contributed by atoms with Gasteiger partial charge in [-0.15, -0.1) is 0 Å². The van der Waals surface area contributed by atoms with Crippen LogP contribution in [-0.2, 0) is 14.4 Å². The third-order valence-corrected chi connectivity index (χ3v) is 3.17. The molecule has 0 aliphatic carbocycles. The van der Waals surface area contributed by atoms with Crippen molar-refractivity contribution in [3.05, 3.63) is 0 Å². The molecule has 3 N–H and O–H groups in total. The molecule has 0 aromatic carbocycles. The maximum Gasteiger partial charge on any atom is 0.326 e. The largest absolute Gasteiger partial charge is 0.480 e. The van der Waals surface area contributed by atoms with Gasteiger partial charge in [-0.05, 0) is 19.3 Å². The van der Waals surface area contributed by atoms with Crippen LogP contribution < -0.4 is 10.6 Å². The van der Waals surface area contributed by atoms with E-state index in [1.54, 1.807) is 20.8 Å². The van der Waals surface area contributed by atoms with Crippen molar-refractivity contribution < 1.29 is 19.5 Å². The van der Waals surface area contributed by atoms with Crippen LogP contribution in [0, 0.1) is 10.8 Å². The third kappa shape index (κ3) is 8.00. The van der Waals surface area contributed by atoms with Crippen LogP contribution >= 0.6 is 0 Å². The van der Waals surface area contributed by atoms with Crippen molar-refractivity contribution in [1.29, 1.82) is 0 Å². The Labute approximate surface area is 133 Å². The first-order valence-electron chi connectivity index (χ1n) is 7.68. The number of carboxylic acids is 1. The third-order valence-electron chi connectivity index (χ3n) is 3.17. The van der Waals surface area contributed by atoms with Gasteiger partial charge in [0.25, 0.3) is 0 Å². The Kier molecular flexibility index (Phi) is 7.56. The first-order chi connectivity index (χ1) is 9.85. The number of carbonyl (C=O) groups is 3. The average molecular weight is 314 g/mol. The van der Waals surface area contributed by atoms with Gasteiger partial charge in [-0.3, -0.25) is 9.59 Å². The van der Waals surface area contributed by atoms with Crippen LogP contribution in [-0.4, -0.2) is 35.5 Å². The second-order valence-corrected chi connectivity index (χ2v) is 7.62. The van der Waals surface area contributed by atoms with E-state index in [1.165, 1.54) is 0 Å². The zero-order valence-corrected chi connectivity index (χ0v) is 14.6. The molecular formula is C16H30N2O4. The van der Waals surface area contributed by atoms with E-state index in [0.717, 1.165) is 0 Å². The molecule has 0 aromatic heterocycles. The van der Waals surface area contributed by atoms with E-state index in [1.807, 2.05) is 20.8 Å². The summed E-state index contributed by atoms with van der Waals surface area (Å²) in [6.07, 6.45) is 1.64. The van der Waals surface area contributed by atoms with Crippen molar-refractivity contribution in [1.82, 2.24) is 10.6 Å². The molecule has 0 saturated carbocycles. The molecule has 22 heavy (non-hydrogen) atoms. The Bertz CT molecular complexity index is 405. The second-order valence-electron chi connectivity index (χ2n) is 7.62. The maximum absolute atomic E-state index is 11.8. The van der Waals surface area contributed by atoms with Gasteiger partial charge in [-0.2, -0.15) is 0 Å². The minimum Gasteiger partial charge on any atom is -0.480 e. The Morgan fingerprint density at radius 2 is 1.41 bits per heavy atom. The van der Waals surface area contributed by atoms with Crippen molar-refractivity contribution in [2.24, 2.45) is 10.8 Å². The minimum atomic E-state index is -1.03. The number of unbranched alkanes of at least 4 members (excludes halogenated alkanes) is 1. The van der Waals surface area contributed by atoms with Gasteiger partial charge in [-0.25, -0.2) is 4.79 Å². The summed E-state index contributed by atoms with van der Waals surface area (Å²) < 4.78 is 0. The summed E-state index contributed by atoms with van der Waals surface area (Å²) in [6, 6.07) is -0.884. The molecule has 0 heterocycles. The van der Waals surface area contributed by atoms with Crippen molar-refractivity contribution >= 4 is 17.8 Å². The van der Waals surface area contributed by atoms with Gasteiger partial charge >= 0.3 is 5.97 Å². The molecule has 1 atom stereocenters. The quantitative estimate of drug-likeness (QED) is 0.626. The Morgan fingerprint density at radius 1 is 0.909 bits per heavy atom. The highest BCUT2D eigenvalue weighted by Gasteiger charge is 2.27. The van der Waals surface area contributed by atoms with Crippen LogP contribution in [0.5, 0.6) is 0 Å². The minimum absolute atomic E-state index is 0.0247. The monoisotopic (exact) mass is 314 g/mol. The highest BCUT2D eigenvalue weighted by atomic mass is 16.4. The van der Waals surface area contributed by atoms with Gasteiger partial charge < -0.3 is 15.7 Å². The van der Waals surface area contributed by atoms with Gasteiger partial charge in [0.05, 0.1) is 0 Å². The molecule has 0 aliphatic rings. The van der Waals surface area contributed by atoms with E-state index in [2.05, 4.69) is 10.6 Å². The van der Waals surface area contributed by atoms with Gasteiger partial charge in [-0.1, -0.05) is 41.5 Å². The summed E-state index contributed by atoms with van der Waals surface area (Å²) in [4.78, 5) is 34.7. The van der Waals surface area contributed by atoms with Crippen LogP contribution in [0.1, 0.15) is 60.8 Å². The predicted octanol–water partition coefficient (Wildman–Crippen LogP) is 1.93. The Morgan fingerprint density at radius 3 is 1.82 bits per heavy atom. The molecule has 0 fully saturated rings. The molecule has 0 spiro atoms. The van der Waals surface area contributed by atoms with E-state index in [-0.39, 0.29) is 11.8 Å². The first kappa shape index (κ1) is 20.4. The van der Waals surface area contributed by atoms with E-state index in [0.29, 0.717) is 25.8 Å². The molecule has 2 amide bonds. The molecule has 0 saturated heterocycles. The fraction of sp³-hybridized carbons (Fsp3) is 0.812. The average Bonchev–Trinajstić information content (AvgIpc) is 2.33. The van der Waals surface area contributed by atoms with E-state index < -0.39 is 22.8 Å².